The quantitative estimate of drug-likeness (QED) is 0.194. The summed E-state index contributed by atoms with van der Waals surface area (Å²) in [6.07, 6.45) is 0. The molecule has 152 valence electrons. The Morgan fingerprint density at radius 3 is 2.83 bits per heavy atom. The number of para-hydroxylation sites is 2. The molecule has 0 unspecified atom stereocenters. The summed E-state index contributed by atoms with van der Waals surface area (Å²) < 4.78 is 10.4. The van der Waals surface area contributed by atoms with Gasteiger partial charge in [0.1, 0.15) is 17.2 Å². The summed E-state index contributed by atoms with van der Waals surface area (Å²) in [5, 5.41) is 19.3. The summed E-state index contributed by atoms with van der Waals surface area (Å²) in [6.45, 7) is 0. The van der Waals surface area contributed by atoms with E-state index in [1.165, 1.54) is 7.11 Å². The van der Waals surface area contributed by atoms with E-state index in [9.17, 15) is 9.90 Å². The van der Waals surface area contributed by atoms with Crippen molar-refractivity contribution in [3.05, 3.63) is 65.1 Å². The van der Waals surface area contributed by atoms with Crippen molar-refractivity contribution in [3.63, 3.8) is 0 Å². The molecule has 4 rings (SSSR count). The number of aromatic amines is 1. The molecule has 2 aromatic carbocycles. The number of thioether (sulfide) groups is 1. The van der Waals surface area contributed by atoms with Crippen LogP contribution in [-0.2, 0) is 9.53 Å². The Morgan fingerprint density at radius 2 is 2.07 bits per heavy atom. The van der Waals surface area contributed by atoms with Crippen LogP contribution in [0, 0.1) is 0 Å². The lowest BCUT2D eigenvalue weighted by molar-refractivity contribution is -0.133. The van der Waals surface area contributed by atoms with Crippen LogP contribution in [-0.4, -0.2) is 44.1 Å². The maximum atomic E-state index is 12.3. The third kappa shape index (κ3) is 4.17. The molecule has 0 aliphatic heterocycles. The zero-order valence-electron chi connectivity index (χ0n) is 15.6. The van der Waals surface area contributed by atoms with Gasteiger partial charge < -0.3 is 19.2 Å². The van der Waals surface area contributed by atoms with Crippen LogP contribution in [0.5, 0.6) is 0 Å². The van der Waals surface area contributed by atoms with Gasteiger partial charge in [-0.25, -0.2) is 9.78 Å². The normalized spacial score (nSPS) is 12.1. The van der Waals surface area contributed by atoms with Gasteiger partial charge in [0.25, 0.3) is 5.22 Å². The number of aromatic nitrogens is 4. The fourth-order valence-electron chi connectivity index (χ4n) is 2.73. The smallest absolute Gasteiger partial charge is 0.345 e. The lowest BCUT2D eigenvalue weighted by atomic mass is 10.2. The van der Waals surface area contributed by atoms with Crippen molar-refractivity contribution in [2.45, 2.75) is 5.22 Å². The monoisotopic (exact) mass is 442 g/mol. The van der Waals surface area contributed by atoms with Crippen molar-refractivity contribution in [2.24, 2.45) is 0 Å². The summed E-state index contributed by atoms with van der Waals surface area (Å²) in [6, 6.07) is 14.3. The fourth-order valence-corrected chi connectivity index (χ4v) is 3.56. The number of aliphatic hydroxyl groups excluding tert-OH is 1. The summed E-state index contributed by atoms with van der Waals surface area (Å²) in [5.41, 5.74) is 2.02. The number of hydrogen-bond donors (Lipinski definition) is 2. The average molecular weight is 443 g/mol. The second kappa shape index (κ2) is 8.60. The second-order valence-electron chi connectivity index (χ2n) is 6.09. The Morgan fingerprint density at radius 1 is 1.23 bits per heavy atom. The van der Waals surface area contributed by atoms with Crippen LogP contribution in [0.1, 0.15) is 5.82 Å². The number of methoxy groups -OCH3 is 1. The summed E-state index contributed by atoms with van der Waals surface area (Å²) >= 11 is 7.06. The number of aliphatic hydroxyl groups is 1. The Kier molecular flexibility index (Phi) is 5.73. The molecule has 0 aliphatic rings. The topological polar surface area (TPSA) is 114 Å². The first-order valence-electron chi connectivity index (χ1n) is 8.73. The van der Waals surface area contributed by atoms with Crippen LogP contribution in [0.15, 0.2) is 63.9 Å². The lowest BCUT2D eigenvalue weighted by Gasteiger charge is -2.06. The number of halogens is 1. The van der Waals surface area contributed by atoms with Gasteiger partial charge in [0.15, 0.2) is 0 Å². The van der Waals surface area contributed by atoms with E-state index in [0.717, 1.165) is 17.3 Å². The first kappa shape index (κ1) is 20.0. The minimum atomic E-state index is -0.711. The van der Waals surface area contributed by atoms with Gasteiger partial charge in [0.2, 0.25) is 5.89 Å². The zero-order chi connectivity index (χ0) is 21.1. The maximum Gasteiger partial charge on any atom is 0.345 e. The number of benzene rings is 2. The molecular weight excluding hydrogens is 428 g/mol. The van der Waals surface area contributed by atoms with Gasteiger partial charge >= 0.3 is 5.97 Å². The molecule has 30 heavy (non-hydrogen) atoms. The van der Waals surface area contributed by atoms with Gasteiger partial charge in [0.05, 0.1) is 23.9 Å². The molecule has 2 N–H and O–H groups in total. The molecular formula is C20H15ClN4O4S. The minimum Gasteiger partial charge on any atom is -0.510 e. The summed E-state index contributed by atoms with van der Waals surface area (Å²) in [4.78, 5) is 19.7. The molecule has 0 bridgehead atoms. The molecule has 10 heteroatoms. The van der Waals surface area contributed by atoms with Gasteiger partial charge in [-0.1, -0.05) is 41.6 Å². The third-order valence-corrected chi connectivity index (χ3v) is 5.18. The number of H-pyrrole nitrogens is 1. The Balaban J connectivity index is 1.57. The van der Waals surface area contributed by atoms with Crippen molar-refractivity contribution in [1.82, 2.24) is 20.2 Å². The Hall–Kier alpha value is -3.30. The number of ether oxygens (including phenoxy) is 1. The van der Waals surface area contributed by atoms with Crippen LogP contribution in [0.25, 0.3) is 28.1 Å². The number of fused-ring (bicyclic) bond motifs is 1. The highest BCUT2D eigenvalue weighted by Crippen LogP contribution is 2.28. The largest absolute Gasteiger partial charge is 0.510 e. The number of nitrogens with one attached hydrogen (secondary N) is 1. The van der Waals surface area contributed by atoms with E-state index >= 15 is 0 Å². The van der Waals surface area contributed by atoms with Crippen LogP contribution in [0.2, 0.25) is 5.02 Å². The van der Waals surface area contributed by atoms with Gasteiger partial charge in [-0.2, -0.15) is 0 Å². The molecule has 0 saturated heterocycles. The van der Waals surface area contributed by atoms with E-state index < -0.39 is 5.97 Å². The molecule has 2 aromatic heterocycles. The summed E-state index contributed by atoms with van der Waals surface area (Å²) in [5.74, 6) is -0.426. The molecule has 0 aliphatic carbocycles. The van der Waals surface area contributed by atoms with E-state index in [1.54, 1.807) is 30.3 Å². The number of rotatable bonds is 6. The molecule has 4 aromatic rings. The van der Waals surface area contributed by atoms with Crippen molar-refractivity contribution in [1.29, 1.82) is 0 Å². The van der Waals surface area contributed by atoms with Crippen LogP contribution in [0.4, 0.5) is 0 Å². The van der Waals surface area contributed by atoms with Gasteiger partial charge in [-0.15, -0.1) is 10.2 Å². The van der Waals surface area contributed by atoms with Gasteiger partial charge in [0, 0.05) is 10.6 Å². The van der Waals surface area contributed by atoms with Crippen LogP contribution in [0.3, 0.4) is 0 Å². The molecule has 8 nitrogen and oxygen atoms in total. The predicted molar refractivity (Wildman–Crippen MR) is 113 cm³/mol. The van der Waals surface area contributed by atoms with Crippen molar-refractivity contribution < 1.29 is 19.1 Å². The highest BCUT2D eigenvalue weighted by Gasteiger charge is 2.23. The first-order chi connectivity index (χ1) is 14.5. The highest BCUT2D eigenvalue weighted by atomic mass is 35.5. The number of esters is 1. The predicted octanol–water partition coefficient (Wildman–Crippen LogP) is 4.50. The third-order valence-electron chi connectivity index (χ3n) is 4.11. The second-order valence-corrected chi connectivity index (χ2v) is 7.45. The lowest BCUT2D eigenvalue weighted by Crippen LogP contribution is -2.09. The number of hydrogen-bond acceptors (Lipinski definition) is 8. The standard InChI is InChI=1S/C20H15ClN4O4S/c1-28-19(27)16(17-22-13-7-2-3-8-14(13)23-17)15(26)10-30-20-25-24-18(29-20)11-5-4-6-12(21)9-11/h2-9,26H,10H2,1H3,(H,22,23)/b16-15+. The van der Waals surface area contributed by atoms with E-state index in [-0.39, 0.29) is 28.1 Å². The summed E-state index contributed by atoms with van der Waals surface area (Å²) in [7, 11) is 1.24. The Labute approximate surface area is 179 Å². The minimum absolute atomic E-state index is 0.00133. The number of imidazole rings is 1. The van der Waals surface area contributed by atoms with Gasteiger partial charge in [-0.3, -0.25) is 0 Å². The van der Waals surface area contributed by atoms with Crippen molar-refractivity contribution >= 4 is 45.9 Å². The molecule has 0 amide bonds. The molecule has 0 radical (unpaired) electrons. The molecule has 0 fully saturated rings. The van der Waals surface area contributed by atoms with Crippen LogP contribution < -0.4 is 0 Å². The fraction of sp³-hybridized carbons (Fsp3) is 0.100. The van der Waals surface area contributed by atoms with Crippen molar-refractivity contribution in [3.8, 4) is 11.5 Å². The molecule has 0 spiro atoms. The van der Waals surface area contributed by atoms with E-state index in [4.69, 9.17) is 20.8 Å². The maximum absolute atomic E-state index is 12.3. The van der Waals surface area contributed by atoms with Crippen LogP contribution >= 0.6 is 23.4 Å². The first-order valence-corrected chi connectivity index (χ1v) is 10.1. The molecule has 0 saturated carbocycles. The van der Waals surface area contributed by atoms with E-state index in [1.807, 2.05) is 18.2 Å². The van der Waals surface area contributed by atoms with E-state index in [0.29, 0.717) is 22.0 Å². The van der Waals surface area contributed by atoms with Gasteiger partial charge in [-0.05, 0) is 30.3 Å². The number of nitrogens with zero attached hydrogens (tertiary/aromatic N) is 3. The number of carbonyl (C=O) groups is 1. The number of carbonyl (C=O) groups excluding carboxylic acids is 1. The molecule has 2 heterocycles. The SMILES string of the molecule is COC(=O)/C(=C(/O)CSc1nnc(-c2cccc(Cl)c2)o1)c1nc2ccccc2[nH]1. The Bertz CT molecular complexity index is 1220. The zero-order valence-corrected chi connectivity index (χ0v) is 17.2. The highest BCUT2D eigenvalue weighted by molar-refractivity contribution is 7.99. The molecule has 0 atom stereocenters. The van der Waals surface area contributed by atoms with Crippen molar-refractivity contribution in [2.75, 3.05) is 12.9 Å². The van der Waals surface area contributed by atoms with E-state index in [2.05, 4.69) is 20.2 Å². The average Bonchev–Trinajstić information content (AvgIpc) is 3.39.